The Morgan fingerprint density at radius 2 is 2.08 bits per heavy atom. The molecule has 0 fully saturated rings. The number of hydrogen-bond acceptors (Lipinski definition) is 1. The molecular formula is C8H10F3NO. The van der Waals surface area contributed by atoms with E-state index >= 15 is 0 Å². The van der Waals surface area contributed by atoms with E-state index in [-0.39, 0.29) is 6.42 Å². The zero-order valence-electron chi connectivity index (χ0n) is 7.33. The average Bonchev–Trinajstić information content (AvgIpc) is 1.98. The summed E-state index contributed by atoms with van der Waals surface area (Å²) in [4.78, 5) is 10.7. The van der Waals surface area contributed by atoms with Crippen molar-refractivity contribution in [3.05, 3.63) is 0 Å². The Morgan fingerprint density at radius 3 is 2.38 bits per heavy atom. The highest BCUT2D eigenvalue weighted by molar-refractivity contribution is 5.93. The lowest BCUT2D eigenvalue weighted by Gasteiger charge is -2.18. The molecule has 0 unspecified atom stereocenters. The maximum absolute atomic E-state index is 12.1. The van der Waals surface area contributed by atoms with Crippen molar-refractivity contribution in [1.82, 2.24) is 5.32 Å². The van der Waals surface area contributed by atoms with Gasteiger partial charge in [0.05, 0.1) is 0 Å². The van der Waals surface area contributed by atoms with E-state index in [2.05, 4.69) is 5.92 Å². The van der Waals surface area contributed by atoms with Crippen molar-refractivity contribution in [2.75, 3.05) is 0 Å². The normalized spacial score (nSPS) is 12.7. The quantitative estimate of drug-likeness (QED) is 0.661. The number of halogens is 3. The van der Waals surface area contributed by atoms with Gasteiger partial charge in [-0.15, -0.1) is 0 Å². The largest absolute Gasteiger partial charge is 0.408 e. The molecule has 0 aliphatic rings. The maximum atomic E-state index is 12.1. The summed E-state index contributed by atoms with van der Waals surface area (Å²) < 4.78 is 36.2. The molecule has 0 saturated heterocycles. The number of amides is 1. The first-order valence-corrected chi connectivity index (χ1v) is 3.71. The van der Waals surface area contributed by atoms with Gasteiger partial charge in [-0.2, -0.15) is 13.2 Å². The Hall–Kier alpha value is -1.18. The molecule has 1 atom stereocenters. The van der Waals surface area contributed by atoms with Gasteiger partial charge >= 0.3 is 6.18 Å². The van der Waals surface area contributed by atoms with Gasteiger partial charge in [0.25, 0.3) is 5.91 Å². The molecular weight excluding hydrogens is 183 g/mol. The van der Waals surface area contributed by atoms with Crippen molar-refractivity contribution < 1.29 is 18.0 Å². The molecule has 0 heterocycles. The van der Waals surface area contributed by atoms with Crippen LogP contribution in [0.1, 0.15) is 20.3 Å². The first-order valence-electron chi connectivity index (χ1n) is 3.71. The Bertz CT molecular complexity index is 236. The first-order chi connectivity index (χ1) is 5.91. The highest BCUT2D eigenvalue weighted by Gasteiger charge is 2.38. The molecule has 0 aromatic rings. The van der Waals surface area contributed by atoms with Gasteiger partial charge in [-0.05, 0) is 19.3 Å². The Balaban J connectivity index is 4.28. The summed E-state index contributed by atoms with van der Waals surface area (Å²) in [6.07, 6.45) is -4.60. The molecule has 5 heteroatoms. The van der Waals surface area contributed by atoms with Crippen molar-refractivity contribution in [2.45, 2.75) is 32.5 Å². The van der Waals surface area contributed by atoms with Crippen molar-refractivity contribution in [3.8, 4) is 11.8 Å². The van der Waals surface area contributed by atoms with Gasteiger partial charge in [-0.25, -0.2) is 0 Å². The van der Waals surface area contributed by atoms with Crippen LogP contribution in [-0.4, -0.2) is 18.1 Å². The second-order valence-electron chi connectivity index (χ2n) is 2.35. The lowest BCUT2D eigenvalue weighted by atomic mass is 10.2. The molecule has 0 aromatic heterocycles. The third-order valence-corrected chi connectivity index (χ3v) is 1.35. The van der Waals surface area contributed by atoms with E-state index in [9.17, 15) is 18.0 Å². The Morgan fingerprint density at radius 1 is 1.54 bits per heavy atom. The van der Waals surface area contributed by atoms with Gasteiger partial charge < -0.3 is 5.32 Å². The maximum Gasteiger partial charge on any atom is 0.408 e. The van der Waals surface area contributed by atoms with Gasteiger partial charge in [-0.3, -0.25) is 4.79 Å². The van der Waals surface area contributed by atoms with E-state index in [1.165, 1.54) is 13.8 Å². The third kappa shape index (κ3) is 4.41. The van der Waals surface area contributed by atoms with Gasteiger partial charge in [0.1, 0.15) is 6.04 Å². The summed E-state index contributed by atoms with van der Waals surface area (Å²) in [5.41, 5.74) is 0. The number of carbonyl (C=O) groups excluding carboxylic acids is 1. The van der Waals surface area contributed by atoms with Crippen LogP contribution in [-0.2, 0) is 4.79 Å². The fraction of sp³-hybridized carbons (Fsp3) is 0.625. The molecule has 0 saturated carbocycles. The average molecular weight is 193 g/mol. The lowest BCUT2D eigenvalue weighted by Crippen LogP contribution is -2.44. The minimum Gasteiger partial charge on any atom is -0.333 e. The zero-order chi connectivity index (χ0) is 10.5. The lowest BCUT2D eigenvalue weighted by molar-refractivity contribution is -0.160. The van der Waals surface area contributed by atoms with Gasteiger partial charge in [0.2, 0.25) is 0 Å². The number of rotatable bonds is 2. The smallest absolute Gasteiger partial charge is 0.333 e. The van der Waals surface area contributed by atoms with E-state index < -0.39 is 18.1 Å². The van der Waals surface area contributed by atoms with Crippen LogP contribution in [0.5, 0.6) is 0 Å². The number of hydrogen-bond donors (Lipinski definition) is 1. The fourth-order valence-electron chi connectivity index (χ4n) is 0.723. The van der Waals surface area contributed by atoms with Crippen LogP contribution in [0.2, 0.25) is 0 Å². The van der Waals surface area contributed by atoms with Crippen LogP contribution in [0.25, 0.3) is 0 Å². The van der Waals surface area contributed by atoms with Crippen LogP contribution in [0.15, 0.2) is 0 Å². The summed E-state index contributed by atoms with van der Waals surface area (Å²) in [6.45, 7) is 2.73. The molecule has 0 spiro atoms. The molecule has 74 valence electrons. The van der Waals surface area contributed by atoms with E-state index in [0.29, 0.717) is 0 Å². The summed E-state index contributed by atoms with van der Waals surface area (Å²) >= 11 is 0. The van der Waals surface area contributed by atoms with E-state index in [4.69, 9.17) is 0 Å². The number of carbonyl (C=O) groups is 1. The third-order valence-electron chi connectivity index (χ3n) is 1.35. The highest BCUT2D eigenvalue weighted by atomic mass is 19.4. The molecule has 13 heavy (non-hydrogen) atoms. The summed E-state index contributed by atoms with van der Waals surface area (Å²) in [7, 11) is 0. The standard InChI is InChI=1S/C8H10F3NO/c1-3-5-7(13)12-6(4-2)8(9,10)11/h6H,4H2,1-2H3,(H,12,13)/t6-/m0/s1. The van der Waals surface area contributed by atoms with Gasteiger partial charge in [-0.1, -0.05) is 12.8 Å². The van der Waals surface area contributed by atoms with Gasteiger partial charge in [0, 0.05) is 0 Å². The second kappa shape index (κ2) is 4.75. The molecule has 0 aliphatic heterocycles. The highest BCUT2D eigenvalue weighted by Crippen LogP contribution is 2.21. The summed E-state index contributed by atoms with van der Waals surface area (Å²) in [5.74, 6) is 3.30. The van der Waals surface area contributed by atoms with Crippen LogP contribution in [0, 0.1) is 11.8 Å². The van der Waals surface area contributed by atoms with E-state index in [1.807, 2.05) is 5.92 Å². The second-order valence-corrected chi connectivity index (χ2v) is 2.35. The van der Waals surface area contributed by atoms with Crippen LogP contribution in [0.4, 0.5) is 13.2 Å². The first kappa shape index (κ1) is 11.8. The van der Waals surface area contributed by atoms with Crippen molar-refractivity contribution in [2.24, 2.45) is 0 Å². The van der Waals surface area contributed by atoms with Crippen molar-refractivity contribution >= 4 is 5.91 Å². The monoisotopic (exact) mass is 193 g/mol. The molecule has 0 rings (SSSR count). The Labute approximate surface area is 74.5 Å². The molecule has 0 radical (unpaired) electrons. The Kier molecular flexibility index (Phi) is 4.32. The predicted octanol–water partition coefficient (Wildman–Crippen LogP) is 1.47. The van der Waals surface area contributed by atoms with Crippen molar-refractivity contribution in [1.29, 1.82) is 0 Å². The number of nitrogens with one attached hydrogen (secondary N) is 1. The molecule has 1 amide bonds. The minimum absolute atomic E-state index is 0.194. The summed E-state index contributed by atoms with van der Waals surface area (Å²) in [5, 5.41) is 1.77. The van der Waals surface area contributed by atoms with E-state index in [1.54, 1.807) is 5.32 Å². The summed E-state index contributed by atoms with van der Waals surface area (Å²) in [6, 6.07) is -1.80. The van der Waals surface area contributed by atoms with Crippen LogP contribution >= 0.6 is 0 Å². The topological polar surface area (TPSA) is 29.1 Å². The van der Waals surface area contributed by atoms with Crippen LogP contribution < -0.4 is 5.32 Å². The van der Waals surface area contributed by atoms with E-state index in [0.717, 1.165) is 0 Å². The zero-order valence-corrected chi connectivity index (χ0v) is 7.33. The molecule has 1 N–H and O–H groups in total. The number of alkyl halides is 3. The van der Waals surface area contributed by atoms with Crippen LogP contribution in [0.3, 0.4) is 0 Å². The minimum atomic E-state index is -4.40. The van der Waals surface area contributed by atoms with Crippen molar-refractivity contribution in [3.63, 3.8) is 0 Å². The molecule has 0 aromatic carbocycles. The predicted molar refractivity (Wildman–Crippen MR) is 41.7 cm³/mol. The fourth-order valence-corrected chi connectivity index (χ4v) is 0.723. The van der Waals surface area contributed by atoms with Gasteiger partial charge in [0.15, 0.2) is 0 Å². The molecule has 0 aliphatic carbocycles. The molecule has 2 nitrogen and oxygen atoms in total. The molecule has 0 bridgehead atoms. The SMILES string of the molecule is CC#CC(=O)N[C@@H](CC)C(F)(F)F.